The third kappa shape index (κ3) is 4.62. The van der Waals surface area contributed by atoms with Crippen LogP contribution >= 0.6 is 0 Å². The minimum atomic E-state index is -0.167. The number of amides is 1. The van der Waals surface area contributed by atoms with E-state index in [1.54, 1.807) is 13.3 Å². The van der Waals surface area contributed by atoms with Gasteiger partial charge in [0.25, 0.3) is 0 Å². The van der Waals surface area contributed by atoms with Gasteiger partial charge in [0, 0.05) is 26.1 Å². The molecular formula is C19H26N4O3. The van der Waals surface area contributed by atoms with E-state index in [4.69, 9.17) is 9.47 Å². The largest absolute Gasteiger partial charge is 0.497 e. The number of H-pyrrole nitrogens is 1. The second-order valence-electron chi connectivity index (χ2n) is 6.60. The maximum absolute atomic E-state index is 11.8. The number of likely N-dealkylation sites (tertiary alicyclic amines) is 1. The third-order valence-corrected chi connectivity index (χ3v) is 4.67. The number of nitrogens with zero attached hydrogens (tertiary/aromatic N) is 2. The van der Waals surface area contributed by atoms with Gasteiger partial charge in [0.1, 0.15) is 12.4 Å². The predicted molar refractivity (Wildman–Crippen MR) is 99.3 cm³/mol. The third-order valence-electron chi connectivity index (χ3n) is 4.67. The number of anilines is 1. The number of hydrogen-bond donors (Lipinski definition) is 2. The standard InChI is InChI=1S/C19H26N4O3/c1-25-13-18(24)21-17-10-20-22-19(17)15-6-4-8-23(12-15)11-14-5-3-7-16(9-14)26-2/h3,5,7,9-10,15H,4,6,8,11-13H2,1-2H3,(H,20,22)(H,21,24). The molecule has 1 aliphatic rings. The van der Waals surface area contributed by atoms with Gasteiger partial charge in [-0.05, 0) is 37.1 Å². The van der Waals surface area contributed by atoms with Crippen LogP contribution in [-0.4, -0.2) is 54.9 Å². The van der Waals surface area contributed by atoms with Crippen LogP contribution < -0.4 is 10.1 Å². The Kier molecular flexibility index (Phi) is 6.25. The van der Waals surface area contributed by atoms with Gasteiger partial charge < -0.3 is 14.8 Å². The first-order valence-corrected chi connectivity index (χ1v) is 8.87. The van der Waals surface area contributed by atoms with Crippen LogP contribution in [0.15, 0.2) is 30.5 Å². The zero-order valence-corrected chi connectivity index (χ0v) is 15.3. The number of carbonyl (C=O) groups excluding carboxylic acids is 1. The molecule has 7 heteroatoms. The van der Waals surface area contributed by atoms with Gasteiger partial charge in [0.2, 0.25) is 5.91 Å². The monoisotopic (exact) mass is 358 g/mol. The molecule has 3 rings (SSSR count). The van der Waals surface area contributed by atoms with Gasteiger partial charge in [-0.1, -0.05) is 12.1 Å². The van der Waals surface area contributed by atoms with Gasteiger partial charge >= 0.3 is 0 Å². The molecule has 0 saturated carbocycles. The summed E-state index contributed by atoms with van der Waals surface area (Å²) in [6, 6.07) is 8.19. The van der Waals surface area contributed by atoms with Gasteiger partial charge in [0.05, 0.1) is 24.7 Å². The van der Waals surface area contributed by atoms with Crippen LogP contribution in [-0.2, 0) is 16.1 Å². The first-order chi connectivity index (χ1) is 12.7. The molecule has 2 heterocycles. The molecule has 1 unspecified atom stereocenters. The lowest BCUT2D eigenvalue weighted by Crippen LogP contribution is -2.34. The Morgan fingerprint density at radius 3 is 3.12 bits per heavy atom. The first-order valence-electron chi connectivity index (χ1n) is 8.87. The number of aromatic amines is 1. The molecule has 0 spiro atoms. The number of piperidine rings is 1. The van der Waals surface area contributed by atoms with Crippen molar-refractivity contribution in [3.05, 3.63) is 41.7 Å². The Labute approximate surface area is 153 Å². The predicted octanol–water partition coefficient (Wildman–Crippen LogP) is 2.38. The summed E-state index contributed by atoms with van der Waals surface area (Å²) in [5, 5.41) is 10.1. The van der Waals surface area contributed by atoms with Crippen LogP contribution in [0.2, 0.25) is 0 Å². The van der Waals surface area contributed by atoms with E-state index < -0.39 is 0 Å². The number of aromatic nitrogens is 2. The van der Waals surface area contributed by atoms with E-state index in [1.165, 1.54) is 12.7 Å². The molecule has 26 heavy (non-hydrogen) atoms. The molecule has 1 saturated heterocycles. The average Bonchev–Trinajstić information content (AvgIpc) is 3.10. The van der Waals surface area contributed by atoms with E-state index in [0.29, 0.717) is 5.92 Å². The van der Waals surface area contributed by atoms with Crippen LogP contribution in [0, 0.1) is 0 Å². The number of benzene rings is 1. The number of rotatable bonds is 7. The Bertz CT molecular complexity index is 731. The van der Waals surface area contributed by atoms with Crippen molar-refractivity contribution in [3.8, 4) is 5.75 Å². The molecule has 1 atom stereocenters. The van der Waals surface area contributed by atoms with Gasteiger partial charge in [-0.25, -0.2) is 0 Å². The van der Waals surface area contributed by atoms with Crippen LogP contribution in [0.4, 0.5) is 5.69 Å². The normalized spacial score (nSPS) is 17.8. The van der Waals surface area contributed by atoms with Crippen LogP contribution in [0.25, 0.3) is 0 Å². The van der Waals surface area contributed by atoms with E-state index >= 15 is 0 Å². The highest BCUT2D eigenvalue weighted by atomic mass is 16.5. The van der Waals surface area contributed by atoms with Crippen LogP contribution in [0.3, 0.4) is 0 Å². The molecular weight excluding hydrogens is 332 g/mol. The zero-order valence-electron chi connectivity index (χ0n) is 15.3. The summed E-state index contributed by atoms with van der Waals surface area (Å²) in [4.78, 5) is 14.2. The first kappa shape index (κ1) is 18.4. The molecule has 1 aliphatic heterocycles. The van der Waals surface area contributed by atoms with Gasteiger partial charge in [-0.2, -0.15) is 5.10 Å². The average molecular weight is 358 g/mol. The number of hydrogen-bond acceptors (Lipinski definition) is 5. The Morgan fingerprint density at radius 1 is 1.42 bits per heavy atom. The zero-order chi connectivity index (χ0) is 18.4. The summed E-state index contributed by atoms with van der Waals surface area (Å²) >= 11 is 0. The summed E-state index contributed by atoms with van der Waals surface area (Å²) in [6.07, 6.45) is 3.85. The molecule has 0 aliphatic carbocycles. The molecule has 0 bridgehead atoms. The molecule has 2 N–H and O–H groups in total. The summed E-state index contributed by atoms with van der Waals surface area (Å²) < 4.78 is 10.2. The van der Waals surface area contributed by atoms with Crippen LogP contribution in [0.1, 0.15) is 30.0 Å². The van der Waals surface area contributed by atoms with Crippen molar-refractivity contribution in [1.82, 2.24) is 15.1 Å². The molecule has 1 aromatic carbocycles. The number of carbonyl (C=O) groups is 1. The highest BCUT2D eigenvalue weighted by Gasteiger charge is 2.25. The fourth-order valence-corrected chi connectivity index (χ4v) is 3.49. The van der Waals surface area contributed by atoms with Gasteiger partial charge in [-0.3, -0.25) is 14.8 Å². The Morgan fingerprint density at radius 2 is 2.31 bits per heavy atom. The van der Waals surface area contributed by atoms with Crippen molar-refractivity contribution in [2.45, 2.75) is 25.3 Å². The smallest absolute Gasteiger partial charge is 0.250 e. The van der Waals surface area contributed by atoms with Gasteiger partial charge in [-0.15, -0.1) is 0 Å². The van der Waals surface area contributed by atoms with E-state index in [1.807, 2.05) is 12.1 Å². The number of nitrogens with one attached hydrogen (secondary N) is 2. The SMILES string of the molecule is COCC(=O)Nc1cn[nH]c1C1CCCN(Cc2cccc(OC)c2)C1. The van der Waals surface area contributed by atoms with Crippen molar-refractivity contribution < 1.29 is 14.3 Å². The fraction of sp³-hybridized carbons (Fsp3) is 0.474. The molecule has 0 radical (unpaired) electrons. The quantitative estimate of drug-likeness (QED) is 0.794. The van der Waals surface area contributed by atoms with Crippen LogP contribution in [0.5, 0.6) is 5.75 Å². The topological polar surface area (TPSA) is 79.5 Å². The minimum absolute atomic E-state index is 0.0389. The van der Waals surface area contributed by atoms with E-state index in [2.05, 4.69) is 32.5 Å². The number of methoxy groups -OCH3 is 2. The Balaban J connectivity index is 1.65. The highest BCUT2D eigenvalue weighted by molar-refractivity contribution is 5.92. The van der Waals surface area contributed by atoms with Crippen molar-refractivity contribution in [3.63, 3.8) is 0 Å². The summed E-state index contributed by atoms with van der Waals surface area (Å²) in [5.41, 5.74) is 2.98. The summed E-state index contributed by atoms with van der Waals surface area (Å²) in [6.45, 7) is 2.91. The van der Waals surface area contributed by atoms with Gasteiger partial charge in [0.15, 0.2) is 0 Å². The lowest BCUT2D eigenvalue weighted by Gasteiger charge is -2.32. The maximum Gasteiger partial charge on any atom is 0.250 e. The second kappa shape index (κ2) is 8.82. The summed E-state index contributed by atoms with van der Waals surface area (Å²) in [5.74, 6) is 1.03. The number of ether oxygens (including phenoxy) is 2. The molecule has 1 amide bonds. The molecule has 1 aromatic heterocycles. The van der Waals surface area contributed by atoms with E-state index in [9.17, 15) is 4.79 Å². The second-order valence-corrected chi connectivity index (χ2v) is 6.60. The van der Waals surface area contributed by atoms with E-state index in [0.717, 1.165) is 49.6 Å². The lowest BCUT2D eigenvalue weighted by atomic mass is 9.93. The van der Waals surface area contributed by atoms with Crippen molar-refractivity contribution in [1.29, 1.82) is 0 Å². The molecule has 1 fully saturated rings. The lowest BCUT2D eigenvalue weighted by molar-refractivity contribution is -0.119. The molecule has 7 nitrogen and oxygen atoms in total. The van der Waals surface area contributed by atoms with Crippen molar-refractivity contribution in [2.75, 3.05) is 39.2 Å². The Hall–Kier alpha value is -2.38. The van der Waals surface area contributed by atoms with E-state index in [-0.39, 0.29) is 12.5 Å². The minimum Gasteiger partial charge on any atom is -0.497 e. The summed E-state index contributed by atoms with van der Waals surface area (Å²) in [7, 11) is 3.20. The maximum atomic E-state index is 11.8. The fourth-order valence-electron chi connectivity index (χ4n) is 3.49. The molecule has 2 aromatic rings. The highest BCUT2D eigenvalue weighted by Crippen LogP contribution is 2.31. The molecule has 140 valence electrons. The van der Waals surface area contributed by atoms with Crippen molar-refractivity contribution in [2.24, 2.45) is 0 Å². The van der Waals surface area contributed by atoms with Crippen molar-refractivity contribution >= 4 is 11.6 Å².